The molecule has 12 nitrogen and oxygen atoms in total. The summed E-state index contributed by atoms with van der Waals surface area (Å²) in [5.74, 6) is -4.51. The number of rotatable bonds is 11. The van der Waals surface area contributed by atoms with Crippen LogP contribution >= 0.6 is 0 Å². The molecule has 0 aromatic heterocycles. The molecular formula is C37H48F2N4O8S. The standard InChI is InChI=1S/C37H48F2N4O8S/c1-34(2,3)28(40-33(47)51-35(4,5)6)31(45)43-21-36(50-7,24-15-13-23(14-16-24)22-11-9-8-10-12-22)20-27(43)30(44)41-37(19-26(37)29(38)39)32(46)42-52(48,49)25-17-18-25/h8-16,25-29H,17-21H2,1-7H3,(H,40,47)(H,41,44)(H,42,46)/t26?,27-,28+,36-,37+/m0/s1. The summed E-state index contributed by atoms with van der Waals surface area (Å²) >= 11 is 0. The Morgan fingerprint density at radius 3 is 2.00 bits per heavy atom. The Hall–Kier alpha value is -4.11. The molecule has 1 saturated heterocycles. The minimum absolute atomic E-state index is 0.146. The van der Waals surface area contributed by atoms with E-state index in [1.165, 1.54) is 12.0 Å². The van der Waals surface area contributed by atoms with Gasteiger partial charge in [-0.3, -0.25) is 19.1 Å². The molecule has 284 valence electrons. The van der Waals surface area contributed by atoms with Crippen molar-refractivity contribution in [2.45, 2.75) is 108 Å². The van der Waals surface area contributed by atoms with Crippen molar-refractivity contribution in [1.82, 2.24) is 20.3 Å². The Kier molecular flexibility index (Phi) is 10.6. The van der Waals surface area contributed by atoms with Crippen LogP contribution in [0.5, 0.6) is 0 Å². The molecule has 2 aliphatic carbocycles. The molecule has 5 atom stereocenters. The lowest BCUT2D eigenvalue weighted by molar-refractivity contribution is -0.143. The maximum atomic E-state index is 14.6. The third-order valence-electron chi connectivity index (χ3n) is 9.86. The van der Waals surface area contributed by atoms with E-state index in [4.69, 9.17) is 9.47 Å². The molecular weight excluding hydrogens is 698 g/mol. The van der Waals surface area contributed by atoms with E-state index in [1.807, 2.05) is 59.3 Å². The Bertz CT molecular complexity index is 1790. The lowest BCUT2D eigenvalue weighted by Crippen LogP contribution is -2.60. The largest absolute Gasteiger partial charge is 0.444 e. The third-order valence-corrected chi connectivity index (χ3v) is 11.7. The van der Waals surface area contributed by atoms with E-state index in [0.29, 0.717) is 18.4 Å². The first-order valence-corrected chi connectivity index (χ1v) is 18.8. The maximum absolute atomic E-state index is 14.6. The van der Waals surface area contributed by atoms with Gasteiger partial charge in [0.05, 0.1) is 17.7 Å². The highest BCUT2D eigenvalue weighted by atomic mass is 32.2. The minimum Gasteiger partial charge on any atom is -0.444 e. The van der Waals surface area contributed by atoms with Crippen LogP contribution < -0.4 is 15.4 Å². The average Bonchev–Trinajstić information content (AvgIpc) is 3.99. The van der Waals surface area contributed by atoms with E-state index in [1.54, 1.807) is 41.5 Å². The van der Waals surface area contributed by atoms with Gasteiger partial charge in [-0.2, -0.15) is 0 Å². The van der Waals surface area contributed by atoms with Crippen LogP contribution in [0.4, 0.5) is 13.6 Å². The van der Waals surface area contributed by atoms with Gasteiger partial charge in [0.25, 0.3) is 5.91 Å². The van der Waals surface area contributed by atoms with Crippen molar-refractivity contribution in [3.8, 4) is 11.1 Å². The van der Waals surface area contributed by atoms with Crippen molar-refractivity contribution in [3.63, 3.8) is 0 Å². The second-order valence-electron chi connectivity index (χ2n) is 16.1. The Labute approximate surface area is 303 Å². The number of ether oxygens (including phenoxy) is 2. The lowest BCUT2D eigenvalue weighted by Gasteiger charge is -2.36. The summed E-state index contributed by atoms with van der Waals surface area (Å²) in [6, 6.07) is 14.4. The summed E-state index contributed by atoms with van der Waals surface area (Å²) in [6.45, 7) is 10.0. The highest BCUT2D eigenvalue weighted by Crippen LogP contribution is 2.49. The third kappa shape index (κ3) is 8.25. The molecule has 0 bridgehead atoms. The number of nitrogens with zero attached hydrogens (tertiary/aromatic N) is 1. The van der Waals surface area contributed by atoms with E-state index in [9.17, 15) is 36.4 Å². The van der Waals surface area contributed by atoms with Crippen molar-refractivity contribution in [3.05, 3.63) is 60.2 Å². The molecule has 3 N–H and O–H groups in total. The number of sulfonamides is 1. The van der Waals surface area contributed by atoms with Gasteiger partial charge in [-0.1, -0.05) is 75.4 Å². The number of benzene rings is 2. The first-order valence-electron chi connectivity index (χ1n) is 17.3. The predicted octanol–water partition coefficient (Wildman–Crippen LogP) is 4.48. The highest BCUT2D eigenvalue weighted by Gasteiger charge is 2.67. The molecule has 0 radical (unpaired) electrons. The zero-order chi connectivity index (χ0) is 38.4. The van der Waals surface area contributed by atoms with Crippen molar-refractivity contribution in [1.29, 1.82) is 0 Å². The average molecular weight is 747 g/mol. The number of carbonyl (C=O) groups is 4. The fraction of sp³-hybridized carbons (Fsp3) is 0.568. The SMILES string of the molecule is CO[C@@]1(c2ccc(-c3ccccc3)cc2)C[C@@H](C(=O)N[C@]2(C(=O)NS(=O)(=O)C3CC3)CC2C(F)F)N(C(=O)[C@@H](NC(=O)OC(C)(C)C)C(C)(C)C)C1. The van der Waals surface area contributed by atoms with E-state index < -0.39 is 92.1 Å². The number of amides is 4. The van der Waals surface area contributed by atoms with Crippen LogP contribution in [0.3, 0.4) is 0 Å². The number of hydrogen-bond acceptors (Lipinski definition) is 8. The number of methoxy groups -OCH3 is 1. The summed E-state index contributed by atoms with van der Waals surface area (Å²) in [5, 5.41) is 4.29. The summed E-state index contributed by atoms with van der Waals surface area (Å²) in [5.41, 5.74) is -2.78. The number of hydrogen-bond donors (Lipinski definition) is 3. The van der Waals surface area contributed by atoms with Crippen molar-refractivity contribution >= 4 is 33.8 Å². The summed E-state index contributed by atoms with van der Waals surface area (Å²) in [4.78, 5) is 56.5. The van der Waals surface area contributed by atoms with Gasteiger partial charge < -0.3 is 25.0 Å². The van der Waals surface area contributed by atoms with Crippen LogP contribution in [0.15, 0.2) is 54.6 Å². The van der Waals surface area contributed by atoms with Gasteiger partial charge in [0, 0.05) is 13.5 Å². The molecule has 3 fully saturated rings. The number of nitrogens with one attached hydrogen (secondary N) is 3. The van der Waals surface area contributed by atoms with Crippen LogP contribution in [0.25, 0.3) is 11.1 Å². The molecule has 2 saturated carbocycles. The molecule has 0 spiro atoms. The summed E-state index contributed by atoms with van der Waals surface area (Å²) in [6.07, 6.45) is -3.88. The topological polar surface area (TPSA) is 160 Å². The quantitative estimate of drug-likeness (QED) is 0.304. The fourth-order valence-corrected chi connectivity index (χ4v) is 8.05. The van der Waals surface area contributed by atoms with Gasteiger partial charge in [0.2, 0.25) is 28.3 Å². The van der Waals surface area contributed by atoms with Gasteiger partial charge in [0.1, 0.15) is 28.8 Å². The highest BCUT2D eigenvalue weighted by molar-refractivity contribution is 7.91. The first-order chi connectivity index (χ1) is 24.1. The second kappa shape index (κ2) is 14.0. The fourth-order valence-electron chi connectivity index (χ4n) is 6.69. The smallest absolute Gasteiger partial charge is 0.408 e. The number of alkyl halides is 2. The molecule has 15 heteroatoms. The number of likely N-dealkylation sites (tertiary alicyclic amines) is 1. The molecule has 2 aromatic rings. The molecule has 1 unspecified atom stereocenters. The van der Waals surface area contributed by atoms with Gasteiger partial charge in [-0.05, 0) is 62.1 Å². The van der Waals surface area contributed by atoms with E-state index >= 15 is 0 Å². The van der Waals surface area contributed by atoms with Crippen molar-refractivity contribution in [2.24, 2.45) is 11.3 Å². The van der Waals surface area contributed by atoms with Crippen LogP contribution in [-0.2, 0) is 39.5 Å². The van der Waals surface area contributed by atoms with E-state index in [0.717, 1.165) is 11.1 Å². The summed E-state index contributed by atoms with van der Waals surface area (Å²) in [7, 11) is -2.69. The number of halogens is 2. The van der Waals surface area contributed by atoms with E-state index in [-0.39, 0.29) is 13.0 Å². The molecule has 1 aliphatic heterocycles. The first kappa shape index (κ1) is 39.1. The van der Waals surface area contributed by atoms with E-state index in [2.05, 4.69) is 10.6 Å². The van der Waals surface area contributed by atoms with Gasteiger partial charge in [-0.25, -0.2) is 22.0 Å². The van der Waals surface area contributed by atoms with Crippen LogP contribution in [-0.4, -0.2) is 85.7 Å². The monoisotopic (exact) mass is 746 g/mol. The predicted molar refractivity (Wildman–Crippen MR) is 188 cm³/mol. The van der Waals surface area contributed by atoms with Crippen LogP contribution in [0.2, 0.25) is 0 Å². The van der Waals surface area contributed by atoms with Crippen LogP contribution in [0, 0.1) is 11.3 Å². The molecule has 3 aliphatic rings. The number of carbonyl (C=O) groups excluding carboxylic acids is 4. The van der Waals surface area contributed by atoms with Gasteiger partial charge in [-0.15, -0.1) is 0 Å². The minimum atomic E-state index is -4.12. The Balaban J connectivity index is 1.51. The second-order valence-corrected chi connectivity index (χ2v) is 18.0. The van der Waals surface area contributed by atoms with Crippen LogP contribution in [0.1, 0.15) is 72.8 Å². The maximum Gasteiger partial charge on any atom is 0.408 e. The van der Waals surface area contributed by atoms with Gasteiger partial charge >= 0.3 is 6.09 Å². The van der Waals surface area contributed by atoms with Crippen molar-refractivity contribution < 1.29 is 45.9 Å². The lowest BCUT2D eigenvalue weighted by atomic mass is 9.85. The summed E-state index contributed by atoms with van der Waals surface area (Å²) < 4.78 is 66.9. The zero-order valence-corrected chi connectivity index (χ0v) is 31.3. The van der Waals surface area contributed by atoms with Gasteiger partial charge in [0.15, 0.2) is 0 Å². The Morgan fingerprint density at radius 1 is 0.904 bits per heavy atom. The molecule has 52 heavy (non-hydrogen) atoms. The normalized spacial score (nSPS) is 25.3. The zero-order valence-electron chi connectivity index (χ0n) is 30.5. The Morgan fingerprint density at radius 2 is 1.50 bits per heavy atom. The van der Waals surface area contributed by atoms with Crippen molar-refractivity contribution in [2.75, 3.05) is 13.7 Å². The molecule has 2 aromatic carbocycles. The number of alkyl carbamates (subject to hydrolysis) is 1. The molecule has 1 heterocycles. The molecule has 4 amide bonds. The molecule has 5 rings (SSSR count).